The summed E-state index contributed by atoms with van der Waals surface area (Å²) in [5, 5.41) is 4.21. The summed E-state index contributed by atoms with van der Waals surface area (Å²) in [6.45, 7) is 1.29. The molecule has 0 fully saturated rings. The zero-order valence-electron chi connectivity index (χ0n) is 12.3. The number of aliphatic imine (C=N–C) groups is 1. The Hall–Kier alpha value is -3.22. The van der Waals surface area contributed by atoms with Crippen LogP contribution in [0, 0.1) is 0 Å². The van der Waals surface area contributed by atoms with Gasteiger partial charge in [-0.05, 0) is 29.3 Å². The molecule has 0 unspecified atom stereocenters. The molecule has 2 aromatic heterocycles. The van der Waals surface area contributed by atoms with Crippen molar-refractivity contribution in [3.05, 3.63) is 48.1 Å². The predicted octanol–water partition coefficient (Wildman–Crippen LogP) is 2.01. The molecule has 1 aliphatic rings. The zero-order chi connectivity index (χ0) is 15.6. The van der Waals surface area contributed by atoms with Gasteiger partial charge >= 0.3 is 0 Å². The molecule has 7 nitrogen and oxygen atoms in total. The Kier molecular flexibility index (Phi) is 3.23. The van der Waals surface area contributed by atoms with E-state index in [1.54, 1.807) is 12.5 Å². The number of nitrogen functional groups attached to an aromatic ring is 1. The quantitative estimate of drug-likeness (QED) is 0.684. The average Bonchev–Trinajstić information content (AvgIpc) is 3.25. The molecule has 4 N–H and O–H groups in total. The molecule has 0 bridgehead atoms. The highest BCUT2D eigenvalue weighted by Crippen LogP contribution is 2.26. The fraction of sp³-hybridized carbons (Fsp3) is 0.125. The van der Waals surface area contributed by atoms with Gasteiger partial charge in [0.05, 0.1) is 30.6 Å². The van der Waals surface area contributed by atoms with E-state index in [-0.39, 0.29) is 5.95 Å². The van der Waals surface area contributed by atoms with Gasteiger partial charge < -0.3 is 16.0 Å². The first-order chi connectivity index (χ1) is 11.3. The van der Waals surface area contributed by atoms with E-state index >= 15 is 0 Å². The number of nitrogens with one attached hydrogen (secondary N) is 2. The van der Waals surface area contributed by atoms with E-state index in [2.05, 4.69) is 36.3 Å². The molecule has 0 saturated heterocycles. The third kappa shape index (κ3) is 2.64. The lowest BCUT2D eigenvalue weighted by Crippen LogP contribution is -2.06. The molecule has 0 saturated carbocycles. The topological polar surface area (TPSA) is 105 Å². The molecule has 3 aromatic rings. The molecule has 4 rings (SSSR count). The molecule has 114 valence electrons. The molecule has 0 amide bonds. The average molecular weight is 305 g/mol. The van der Waals surface area contributed by atoms with E-state index < -0.39 is 0 Å². The Bertz CT molecular complexity index is 910. The SMILES string of the molecule is Nc1nc(NCc2cnc[nH]2)c2ccc(C3=CC=NC3)cc2n1. The van der Waals surface area contributed by atoms with Crippen LogP contribution in [-0.2, 0) is 6.54 Å². The number of benzene rings is 1. The van der Waals surface area contributed by atoms with Gasteiger partial charge in [-0.3, -0.25) is 4.99 Å². The number of anilines is 2. The number of rotatable bonds is 4. The summed E-state index contributed by atoms with van der Waals surface area (Å²) in [7, 11) is 0. The van der Waals surface area contributed by atoms with Crippen molar-refractivity contribution in [3.8, 4) is 0 Å². The van der Waals surface area contributed by atoms with Crippen LogP contribution in [0.3, 0.4) is 0 Å². The Balaban J connectivity index is 1.70. The largest absolute Gasteiger partial charge is 0.368 e. The highest BCUT2D eigenvalue weighted by Gasteiger charge is 2.10. The molecular formula is C16H15N7. The second kappa shape index (κ2) is 5.53. The van der Waals surface area contributed by atoms with Crippen LogP contribution in [-0.4, -0.2) is 32.7 Å². The van der Waals surface area contributed by atoms with Gasteiger partial charge in [0.15, 0.2) is 0 Å². The van der Waals surface area contributed by atoms with Crippen LogP contribution in [0.5, 0.6) is 0 Å². The maximum Gasteiger partial charge on any atom is 0.222 e. The van der Waals surface area contributed by atoms with Crippen molar-refractivity contribution in [2.75, 3.05) is 17.6 Å². The molecule has 0 radical (unpaired) electrons. The van der Waals surface area contributed by atoms with Crippen LogP contribution in [0.2, 0.25) is 0 Å². The Morgan fingerprint density at radius 1 is 1.26 bits per heavy atom. The van der Waals surface area contributed by atoms with Gasteiger partial charge in [0.2, 0.25) is 5.95 Å². The summed E-state index contributed by atoms with van der Waals surface area (Å²) in [5.74, 6) is 0.962. The van der Waals surface area contributed by atoms with Crippen molar-refractivity contribution in [2.45, 2.75) is 6.54 Å². The number of aromatic amines is 1. The smallest absolute Gasteiger partial charge is 0.222 e. The van der Waals surface area contributed by atoms with Gasteiger partial charge in [-0.15, -0.1) is 0 Å². The molecule has 0 atom stereocenters. The number of nitrogens with two attached hydrogens (primary N) is 1. The van der Waals surface area contributed by atoms with Crippen LogP contribution < -0.4 is 11.1 Å². The summed E-state index contributed by atoms with van der Waals surface area (Å²) in [6.07, 6.45) is 7.26. The number of allylic oxidation sites excluding steroid dienone is 1. The van der Waals surface area contributed by atoms with Gasteiger partial charge in [-0.25, -0.2) is 9.97 Å². The van der Waals surface area contributed by atoms with Crippen molar-refractivity contribution in [1.29, 1.82) is 0 Å². The van der Waals surface area contributed by atoms with Crippen LogP contribution in [0.1, 0.15) is 11.3 Å². The summed E-state index contributed by atoms with van der Waals surface area (Å²) in [5.41, 5.74) is 9.92. The van der Waals surface area contributed by atoms with Crippen molar-refractivity contribution in [2.24, 2.45) is 4.99 Å². The fourth-order valence-corrected chi connectivity index (χ4v) is 2.58. The summed E-state index contributed by atoms with van der Waals surface area (Å²) in [6, 6.07) is 6.09. The van der Waals surface area contributed by atoms with Crippen LogP contribution in [0.25, 0.3) is 16.5 Å². The highest BCUT2D eigenvalue weighted by atomic mass is 15.1. The second-order valence-electron chi connectivity index (χ2n) is 5.27. The Morgan fingerprint density at radius 2 is 2.22 bits per heavy atom. The van der Waals surface area contributed by atoms with Gasteiger partial charge in [0.1, 0.15) is 5.82 Å². The molecule has 7 heteroatoms. The minimum Gasteiger partial charge on any atom is -0.368 e. The lowest BCUT2D eigenvalue weighted by Gasteiger charge is -2.10. The first-order valence-electron chi connectivity index (χ1n) is 7.27. The van der Waals surface area contributed by atoms with Crippen molar-refractivity contribution < 1.29 is 0 Å². The molecule has 1 aliphatic heterocycles. The third-order valence-electron chi connectivity index (χ3n) is 3.73. The molecule has 1 aromatic carbocycles. The predicted molar refractivity (Wildman–Crippen MR) is 91.2 cm³/mol. The van der Waals surface area contributed by atoms with Gasteiger partial charge in [0, 0.05) is 17.8 Å². The van der Waals surface area contributed by atoms with E-state index in [4.69, 9.17) is 5.73 Å². The standard InChI is InChI=1S/C16H15N7/c17-16-22-14-5-10(11-3-4-18-6-11)1-2-13(14)15(23-16)20-8-12-7-19-9-21-12/h1-5,7,9H,6,8H2,(H,19,21)(H3,17,20,22,23). The first-order valence-corrected chi connectivity index (χ1v) is 7.27. The maximum absolute atomic E-state index is 5.86. The van der Waals surface area contributed by atoms with E-state index in [0.717, 1.165) is 22.2 Å². The molecule has 3 heterocycles. The van der Waals surface area contributed by atoms with Crippen molar-refractivity contribution >= 4 is 34.5 Å². The number of fused-ring (bicyclic) bond motifs is 1. The molecule has 0 spiro atoms. The minimum atomic E-state index is 0.249. The second-order valence-corrected chi connectivity index (χ2v) is 5.27. The maximum atomic E-state index is 5.86. The minimum absolute atomic E-state index is 0.249. The van der Waals surface area contributed by atoms with E-state index in [1.807, 2.05) is 24.4 Å². The lowest BCUT2D eigenvalue weighted by atomic mass is 10.0. The number of H-pyrrole nitrogens is 1. The van der Waals surface area contributed by atoms with Crippen LogP contribution in [0.4, 0.5) is 11.8 Å². The van der Waals surface area contributed by atoms with Crippen molar-refractivity contribution in [3.63, 3.8) is 0 Å². The molecular weight excluding hydrogens is 290 g/mol. The van der Waals surface area contributed by atoms with Gasteiger partial charge in [-0.1, -0.05) is 6.07 Å². The first kappa shape index (κ1) is 13.4. The lowest BCUT2D eigenvalue weighted by molar-refractivity contribution is 1.05. The fourth-order valence-electron chi connectivity index (χ4n) is 2.58. The van der Waals surface area contributed by atoms with E-state index in [9.17, 15) is 0 Å². The Morgan fingerprint density at radius 3 is 3.00 bits per heavy atom. The third-order valence-corrected chi connectivity index (χ3v) is 3.73. The number of hydrogen-bond acceptors (Lipinski definition) is 6. The normalized spacial score (nSPS) is 13.5. The Labute approximate surface area is 132 Å². The summed E-state index contributed by atoms with van der Waals surface area (Å²) in [4.78, 5) is 19.9. The number of hydrogen-bond donors (Lipinski definition) is 3. The van der Waals surface area contributed by atoms with E-state index in [1.165, 1.54) is 5.57 Å². The van der Waals surface area contributed by atoms with Gasteiger partial charge in [0.25, 0.3) is 0 Å². The number of aromatic nitrogens is 4. The zero-order valence-corrected chi connectivity index (χ0v) is 12.3. The van der Waals surface area contributed by atoms with Gasteiger partial charge in [-0.2, -0.15) is 4.98 Å². The number of nitrogens with zero attached hydrogens (tertiary/aromatic N) is 4. The number of imidazole rings is 1. The summed E-state index contributed by atoms with van der Waals surface area (Å²) < 4.78 is 0. The van der Waals surface area contributed by atoms with E-state index in [0.29, 0.717) is 18.9 Å². The molecule has 0 aliphatic carbocycles. The molecule has 23 heavy (non-hydrogen) atoms. The monoisotopic (exact) mass is 305 g/mol. The van der Waals surface area contributed by atoms with Crippen LogP contribution in [0.15, 0.2) is 41.8 Å². The van der Waals surface area contributed by atoms with Crippen molar-refractivity contribution in [1.82, 2.24) is 19.9 Å². The van der Waals surface area contributed by atoms with Crippen LogP contribution >= 0.6 is 0 Å². The highest BCUT2D eigenvalue weighted by molar-refractivity contribution is 5.95. The summed E-state index contributed by atoms with van der Waals surface area (Å²) >= 11 is 0.